The van der Waals surface area contributed by atoms with Gasteiger partial charge >= 0.3 is 6.18 Å². The molecule has 0 unspecified atom stereocenters. The minimum Gasteiger partial charge on any atom is -0.304 e. The summed E-state index contributed by atoms with van der Waals surface area (Å²) in [6.45, 7) is 20.9. The maximum Gasteiger partial charge on any atom is 0.416 e. The summed E-state index contributed by atoms with van der Waals surface area (Å²) < 4.78 is 43.4. The van der Waals surface area contributed by atoms with Gasteiger partial charge in [0.25, 0.3) is 0 Å². The van der Waals surface area contributed by atoms with E-state index in [1.807, 2.05) is 26.0 Å². The molecule has 3 rings (SSSR count). The molecule has 0 aromatic heterocycles. The van der Waals surface area contributed by atoms with Crippen molar-refractivity contribution in [3.63, 3.8) is 0 Å². The molecule has 0 N–H and O–H groups in total. The fourth-order valence-corrected chi connectivity index (χ4v) is 5.31. The molecule has 7 heteroatoms. The summed E-state index contributed by atoms with van der Waals surface area (Å²) >= 11 is 1.86. The Kier molecular flexibility index (Phi) is 13.8. The maximum absolute atomic E-state index is 12.8. The third-order valence-electron chi connectivity index (χ3n) is 7.01. The van der Waals surface area contributed by atoms with E-state index in [1.54, 1.807) is 0 Å². The molecule has 0 spiro atoms. The Bertz CT molecular complexity index is 1060. The molecule has 1 heterocycles. The second-order valence-corrected chi connectivity index (χ2v) is 11.2. The largest absolute Gasteiger partial charge is 0.416 e. The van der Waals surface area contributed by atoms with Crippen molar-refractivity contribution < 1.29 is 13.2 Å². The first-order chi connectivity index (χ1) is 18.5. The molecular formula is C32H46F3N3S. The van der Waals surface area contributed by atoms with Gasteiger partial charge in [-0.1, -0.05) is 74.9 Å². The lowest BCUT2D eigenvalue weighted by atomic mass is 9.94. The quantitative estimate of drug-likeness (QED) is 0.200. The van der Waals surface area contributed by atoms with Gasteiger partial charge in [-0.2, -0.15) is 13.2 Å². The molecule has 0 aliphatic carbocycles. The van der Waals surface area contributed by atoms with Crippen LogP contribution >= 0.6 is 12.1 Å². The number of likely N-dealkylation sites (N-methyl/N-ethyl adjacent to an activating group) is 1. The van der Waals surface area contributed by atoms with Gasteiger partial charge in [0.2, 0.25) is 0 Å². The van der Waals surface area contributed by atoms with Crippen LogP contribution in [0.2, 0.25) is 0 Å². The highest BCUT2D eigenvalue weighted by Gasteiger charge is 2.30. The molecule has 39 heavy (non-hydrogen) atoms. The Morgan fingerprint density at radius 2 is 1.56 bits per heavy atom. The van der Waals surface area contributed by atoms with Gasteiger partial charge in [-0.25, -0.2) is 8.61 Å². The first-order valence-corrected chi connectivity index (χ1v) is 14.7. The highest BCUT2D eigenvalue weighted by atomic mass is 32.2. The zero-order chi connectivity index (χ0) is 29.0. The highest BCUT2D eigenvalue weighted by molar-refractivity contribution is 7.94. The van der Waals surface area contributed by atoms with Gasteiger partial charge in [-0.3, -0.25) is 0 Å². The van der Waals surface area contributed by atoms with Crippen molar-refractivity contribution in [1.29, 1.82) is 0 Å². The van der Waals surface area contributed by atoms with E-state index in [1.165, 1.54) is 34.4 Å². The molecule has 1 aliphatic heterocycles. The molecule has 0 radical (unpaired) electrons. The Labute approximate surface area is 239 Å². The molecule has 0 bridgehead atoms. The fourth-order valence-electron chi connectivity index (χ4n) is 4.33. The van der Waals surface area contributed by atoms with E-state index < -0.39 is 11.7 Å². The summed E-state index contributed by atoms with van der Waals surface area (Å²) in [6.07, 6.45) is -1.75. The summed E-state index contributed by atoms with van der Waals surface area (Å²) in [5.74, 6) is 0. The molecule has 0 atom stereocenters. The molecule has 216 valence electrons. The molecule has 1 fully saturated rings. The number of nitrogens with zero attached hydrogens (tertiary/aromatic N) is 3. The first kappa shape index (κ1) is 33.1. The van der Waals surface area contributed by atoms with Crippen LogP contribution in [-0.2, 0) is 19.1 Å². The van der Waals surface area contributed by atoms with Crippen molar-refractivity contribution in [2.24, 2.45) is 0 Å². The van der Waals surface area contributed by atoms with Crippen molar-refractivity contribution in [1.82, 2.24) is 13.5 Å². The fraction of sp³-hybridized carbons (Fsp3) is 0.500. The molecule has 1 saturated heterocycles. The highest BCUT2D eigenvalue weighted by Crippen LogP contribution is 2.31. The third kappa shape index (κ3) is 11.1. The van der Waals surface area contributed by atoms with Crippen LogP contribution in [0.5, 0.6) is 0 Å². The zero-order valence-corrected chi connectivity index (χ0v) is 25.4. The Hall–Kier alpha value is -2.06. The molecule has 2 aromatic rings. The van der Waals surface area contributed by atoms with E-state index in [-0.39, 0.29) is 0 Å². The Morgan fingerprint density at radius 3 is 2.15 bits per heavy atom. The second kappa shape index (κ2) is 16.3. The van der Waals surface area contributed by atoms with Crippen molar-refractivity contribution >= 4 is 17.7 Å². The Morgan fingerprint density at radius 1 is 0.949 bits per heavy atom. The van der Waals surface area contributed by atoms with Gasteiger partial charge in [-0.15, -0.1) is 0 Å². The number of piperazine rings is 1. The second-order valence-electron chi connectivity index (χ2n) is 10.0. The van der Waals surface area contributed by atoms with Crippen molar-refractivity contribution in [2.45, 2.75) is 66.6 Å². The molecule has 3 nitrogen and oxygen atoms in total. The van der Waals surface area contributed by atoms with Gasteiger partial charge in [-0.05, 0) is 74.6 Å². The number of hydrogen-bond donors (Lipinski definition) is 0. The number of hydrogen-bond acceptors (Lipinski definition) is 4. The summed E-state index contributed by atoms with van der Waals surface area (Å²) in [5.41, 5.74) is 6.14. The minimum absolute atomic E-state index is 0.630. The number of alkyl halides is 3. The lowest BCUT2D eigenvalue weighted by Crippen LogP contribution is -2.42. The summed E-state index contributed by atoms with van der Waals surface area (Å²) in [4.78, 5) is 2.37. The van der Waals surface area contributed by atoms with Gasteiger partial charge in [0.05, 0.1) is 5.56 Å². The van der Waals surface area contributed by atoms with E-state index in [0.717, 1.165) is 75.4 Å². The smallest absolute Gasteiger partial charge is 0.304 e. The number of aryl methyl sites for hydroxylation is 1. The van der Waals surface area contributed by atoms with Crippen LogP contribution in [0.25, 0.3) is 5.57 Å². The van der Waals surface area contributed by atoms with Crippen LogP contribution in [0.15, 0.2) is 66.3 Å². The van der Waals surface area contributed by atoms with Crippen LogP contribution < -0.4 is 0 Å². The number of halogens is 3. The monoisotopic (exact) mass is 561 g/mol. The van der Waals surface area contributed by atoms with E-state index in [9.17, 15) is 13.2 Å². The Balaban J connectivity index is 0.00000260. The molecule has 0 amide bonds. The topological polar surface area (TPSA) is 9.72 Å². The summed E-state index contributed by atoms with van der Waals surface area (Å²) in [5, 5.41) is 0. The lowest BCUT2D eigenvalue weighted by Gasteiger charge is -2.34. The predicted octanol–water partition coefficient (Wildman–Crippen LogP) is 8.74. The number of benzene rings is 2. The molecule has 0 saturated carbocycles. The first-order valence-electron chi connectivity index (χ1n) is 14.0. The van der Waals surface area contributed by atoms with Crippen LogP contribution in [0.3, 0.4) is 0 Å². The van der Waals surface area contributed by atoms with Crippen LogP contribution in [0.4, 0.5) is 13.2 Å². The average Bonchev–Trinajstić information content (AvgIpc) is 2.93. The van der Waals surface area contributed by atoms with Gasteiger partial charge in [0.1, 0.15) is 0 Å². The normalized spacial score (nSPS) is 15.5. The van der Waals surface area contributed by atoms with E-state index in [0.29, 0.717) is 6.42 Å². The van der Waals surface area contributed by atoms with E-state index in [2.05, 4.69) is 72.2 Å². The lowest BCUT2D eigenvalue weighted by molar-refractivity contribution is -0.137. The SMILES string of the molecule is C=C(C/C(C)=C(\C)CCc1cccc(CN(CC)SN2CCN(C)CC2)c1)c1ccc(C(F)(F)F)cc1.CC. The number of rotatable bonds is 11. The van der Waals surface area contributed by atoms with E-state index >= 15 is 0 Å². The average molecular weight is 562 g/mol. The molecular weight excluding hydrogens is 515 g/mol. The van der Waals surface area contributed by atoms with E-state index in [4.69, 9.17) is 0 Å². The van der Waals surface area contributed by atoms with Crippen molar-refractivity contribution in [3.8, 4) is 0 Å². The standard InChI is InChI=1S/C30H40F3N3S.C2H6/c1-6-35(37-36-18-16-34(5)17-19-36)22-27-9-7-8-26(21-27)11-10-23(2)24(3)20-25(4)28-12-14-29(15-13-28)30(31,32)33;1-2/h7-9,12-15,21H,4,6,10-11,16-20,22H2,1-3,5H3;1-2H3/b24-23+;. The summed E-state index contributed by atoms with van der Waals surface area (Å²) in [6, 6.07) is 14.2. The minimum atomic E-state index is -4.32. The predicted molar refractivity (Wildman–Crippen MR) is 162 cm³/mol. The maximum atomic E-state index is 12.8. The van der Waals surface area contributed by atoms with Crippen LogP contribution in [-0.4, -0.2) is 53.3 Å². The summed E-state index contributed by atoms with van der Waals surface area (Å²) in [7, 11) is 2.18. The van der Waals surface area contributed by atoms with Crippen molar-refractivity contribution in [3.05, 3.63) is 88.5 Å². The van der Waals surface area contributed by atoms with Gasteiger partial charge in [0.15, 0.2) is 0 Å². The van der Waals surface area contributed by atoms with Crippen LogP contribution in [0, 0.1) is 0 Å². The van der Waals surface area contributed by atoms with Gasteiger partial charge in [0, 0.05) is 51.4 Å². The number of allylic oxidation sites excluding steroid dienone is 3. The van der Waals surface area contributed by atoms with Crippen molar-refractivity contribution in [2.75, 3.05) is 39.8 Å². The van der Waals surface area contributed by atoms with Gasteiger partial charge < -0.3 is 4.90 Å². The zero-order valence-electron chi connectivity index (χ0n) is 24.6. The third-order valence-corrected chi connectivity index (χ3v) is 8.23. The molecule has 2 aromatic carbocycles. The van der Waals surface area contributed by atoms with Crippen LogP contribution in [0.1, 0.15) is 69.7 Å². The molecule has 1 aliphatic rings.